The van der Waals surface area contributed by atoms with E-state index in [0.29, 0.717) is 24.3 Å². The predicted molar refractivity (Wildman–Crippen MR) is 89.9 cm³/mol. The molecule has 7 nitrogen and oxygen atoms in total. The smallest absolute Gasteiger partial charge is 0.338 e. The molecule has 2 amide bonds. The summed E-state index contributed by atoms with van der Waals surface area (Å²) in [6, 6.07) is 6.36. The van der Waals surface area contributed by atoms with E-state index >= 15 is 0 Å². The summed E-state index contributed by atoms with van der Waals surface area (Å²) in [5.74, 6) is -2.02. The molecular formula is C18H18N2O5. The number of likely N-dealkylation sites (tertiary alicyclic amines) is 1. The number of furan rings is 1. The number of anilines is 1. The van der Waals surface area contributed by atoms with Gasteiger partial charge in [-0.25, -0.2) is 4.79 Å². The molecule has 0 saturated carbocycles. The molecule has 1 aromatic carbocycles. The highest BCUT2D eigenvalue weighted by Gasteiger charge is 2.25. The first kappa shape index (κ1) is 16.8. The minimum atomic E-state index is -1.18. The Bertz CT molecular complexity index is 834. The molecule has 2 heterocycles. The van der Waals surface area contributed by atoms with Gasteiger partial charge in [0.1, 0.15) is 6.26 Å². The molecule has 0 aliphatic carbocycles. The van der Waals surface area contributed by atoms with Gasteiger partial charge >= 0.3 is 5.97 Å². The summed E-state index contributed by atoms with van der Waals surface area (Å²) in [6.45, 7) is 3.23. The lowest BCUT2D eigenvalue weighted by Crippen LogP contribution is -2.29. The minimum absolute atomic E-state index is 0.109. The highest BCUT2D eigenvalue weighted by molar-refractivity contribution is 6.09. The predicted octanol–water partition coefficient (Wildman–Crippen LogP) is 2.77. The fraction of sp³-hybridized carbons (Fsp3) is 0.278. The van der Waals surface area contributed by atoms with Gasteiger partial charge in [0.15, 0.2) is 5.76 Å². The molecule has 25 heavy (non-hydrogen) atoms. The monoisotopic (exact) mass is 342 g/mol. The molecular weight excluding hydrogens is 324 g/mol. The first-order valence-electron chi connectivity index (χ1n) is 7.99. The summed E-state index contributed by atoms with van der Waals surface area (Å²) in [6.07, 6.45) is 2.96. The molecule has 0 bridgehead atoms. The van der Waals surface area contributed by atoms with Crippen LogP contribution in [0.3, 0.4) is 0 Å². The highest BCUT2D eigenvalue weighted by atomic mass is 16.4. The molecule has 0 atom stereocenters. The number of amides is 2. The molecule has 1 saturated heterocycles. The van der Waals surface area contributed by atoms with Crippen LogP contribution in [0.15, 0.2) is 34.9 Å². The second-order valence-electron chi connectivity index (χ2n) is 5.96. The largest absolute Gasteiger partial charge is 0.478 e. The number of carbonyl (C=O) groups excluding carboxylic acids is 2. The van der Waals surface area contributed by atoms with E-state index in [1.807, 2.05) is 13.0 Å². The van der Waals surface area contributed by atoms with E-state index in [1.54, 1.807) is 17.0 Å². The highest BCUT2D eigenvalue weighted by Crippen LogP contribution is 2.24. The Morgan fingerprint density at radius 1 is 1.20 bits per heavy atom. The van der Waals surface area contributed by atoms with E-state index in [-0.39, 0.29) is 17.2 Å². The van der Waals surface area contributed by atoms with Crippen molar-refractivity contribution in [3.63, 3.8) is 0 Å². The van der Waals surface area contributed by atoms with Crippen molar-refractivity contribution in [3.05, 3.63) is 53.0 Å². The Hall–Kier alpha value is -3.09. The number of rotatable bonds is 4. The summed E-state index contributed by atoms with van der Waals surface area (Å²) < 4.78 is 5.00. The molecule has 1 aliphatic rings. The average Bonchev–Trinajstić information content (AvgIpc) is 3.26. The molecule has 3 rings (SSSR count). The van der Waals surface area contributed by atoms with Crippen molar-refractivity contribution in [1.82, 2.24) is 4.90 Å². The van der Waals surface area contributed by atoms with E-state index in [0.717, 1.165) is 30.7 Å². The normalized spacial score (nSPS) is 13.7. The molecule has 0 unspecified atom stereocenters. The van der Waals surface area contributed by atoms with Gasteiger partial charge in [0, 0.05) is 19.2 Å². The van der Waals surface area contributed by atoms with Crippen LogP contribution >= 0.6 is 0 Å². The second kappa shape index (κ2) is 6.80. The number of carbonyl (C=O) groups is 3. The van der Waals surface area contributed by atoms with Crippen LogP contribution in [0, 0.1) is 6.92 Å². The van der Waals surface area contributed by atoms with Crippen LogP contribution in [-0.4, -0.2) is 40.9 Å². The number of aryl methyl sites for hydroxylation is 1. The molecule has 2 N–H and O–H groups in total. The van der Waals surface area contributed by atoms with Gasteiger partial charge in [-0.05, 0) is 31.4 Å². The topological polar surface area (TPSA) is 99.9 Å². The average molecular weight is 342 g/mol. The van der Waals surface area contributed by atoms with E-state index in [1.165, 1.54) is 0 Å². The molecule has 0 radical (unpaired) electrons. The van der Waals surface area contributed by atoms with Crippen LogP contribution < -0.4 is 5.32 Å². The van der Waals surface area contributed by atoms with Crippen molar-refractivity contribution in [1.29, 1.82) is 0 Å². The third kappa shape index (κ3) is 3.40. The van der Waals surface area contributed by atoms with Crippen LogP contribution in [0.4, 0.5) is 5.69 Å². The quantitative estimate of drug-likeness (QED) is 0.890. The molecule has 130 valence electrons. The lowest BCUT2D eigenvalue weighted by atomic mass is 10.0. The van der Waals surface area contributed by atoms with Crippen LogP contribution in [0.25, 0.3) is 0 Å². The van der Waals surface area contributed by atoms with Gasteiger partial charge in [-0.15, -0.1) is 0 Å². The molecule has 2 aromatic rings. The standard InChI is InChI=1S/C18H18N2O5/c1-11-5-4-6-13(15(11)17(22)20-7-2-3-8-20)19-16(21)14-9-12(10-25-14)18(23)24/h4-6,9-10H,2-3,7-8H2,1H3,(H,19,21)(H,23,24). The number of hydrogen-bond donors (Lipinski definition) is 2. The molecule has 1 aromatic heterocycles. The Labute approximate surface area is 144 Å². The van der Waals surface area contributed by atoms with Gasteiger partial charge in [0.25, 0.3) is 11.8 Å². The fourth-order valence-corrected chi connectivity index (χ4v) is 2.89. The summed E-state index contributed by atoms with van der Waals surface area (Å²) >= 11 is 0. The first-order chi connectivity index (χ1) is 12.0. The zero-order valence-corrected chi connectivity index (χ0v) is 13.7. The van der Waals surface area contributed by atoms with Crippen molar-refractivity contribution in [2.75, 3.05) is 18.4 Å². The summed E-state index contributed by atoms with van der Waals surface area (Å²) in [5.41, 5.74) is 1.49. The third-order valence-electron chi connectivity index (χ3n) is 4.20. The third-order valence-corrected chi connectivity index (χ3v) is 4.20. The van der Waals surface area contributed by atoms with Crippen molar-refractivity contribution in [3.8, 4) is 0 Å². The number of nitrogens with one attached hydrogen (secondary N) is 1. The van der Waals surface area contributed by atoms with E-state index < -0.39 is 11.9 Å². The van der Waals surface area contributed by atoms with Crippen LogP contribution in [0.2, 0.25) is 0 Å². The van der Waals surface area contributed by atoms with Crippen LogP contribution in [0.1, 0.15) is 49.7 Å². The molecule has 0 spiro atoms. The Kier molecular flexibility index (Phi) is 4.56. The molecule has 1 fully saturated rings. The summed E-state index contributed by atoms with van der Waals surface area (Å²) in [4.78, 5) is 37.8. The minimum Gasteiger partial charge on any atom is -0.478 e. The Morgan fingerprint density at radius 3 is 2.56 bits per heavy atom. The van der Waals surface area contributed by atoms with E-state index in [4.69, 9.17) is 9.52 Å². The zero-order chi connectivity index (χ0) is 18.0. The maximum atomic E-state index is 12.8. The molecule has 7 heteroatoms. The number of benzene rings is 1. The van der Waals surface area contributed by atoms with Gasteiger partial charge in [-0.2, -0.15) is 0 Å². The number of nitrogens with zero attached hydrogens (tertiary/aromatic N) is 1. The summed E-state index contributed by atoms with van der Waals surface area (Å²) in [5, 5.41) is 11.6. The van der Waals surface area contributed by atoms with Crippen molar-refractivity contribution in [2.45, 2.75) is 19.8 Å². The Balaban J connectivity index is 1.86. The van der Waals surface area contributed by atoms with Gasteiger partial charge in [0.05, 0.1) is 16.8 Å². The van der Waals surface area contributed by atoms with Crippen molar-refractivity contribution >= 4 is 23.5 Å². The number of carboxylic acids is 1. The fourth-order valence-electron chi connectivity index (χ4n) is 2.89. The second-order valence-corrected chi connectivity index (χ2v) is 5.96. The van der Waals surface area contributed by atoms with E-state index in [2.05, 4.69) is 5.32 Å². The van der Waals surface area contributed by atoms with Crippen LogP contribution in [-0.2, 0) is 0 Å². The van der Waals surface area contributed by atoms with Crippen molar-refractivity contribution < 1.29 is 23.9 Å². The lowest BCUT2D eigenvalue weighted by molar-refractivity contribution is 0.0695. The Morgan fingerprint density at radius 2 is 1.92 bits per heavy atom. The molecule has 1 aliphatic heterocycles. The first-order valence-corrected chi connectivity index (χ1v) is 7.99. The van der Waals surface area contributed by atoms with Crippen LogP contribution in [0.5, 0.6) is 0 Å². The van der Waals surface area contributed by atoms with Gasteiger partial charge < -0.3 is 19.7 Å². The van der Waals surface area contributed by atoms with Gasteiger partial charge in [-0.3, -0.25) is 9.59 Å². The number of aromatic carboxylic acids is 1. The van der Waals surface area contributed by atoms with Gasteiger partial charge in [0.2, 0.25) is 0 Å². The van der Waals surface area contributed by atoms with E-state index in [9.17, 15) is 14.4 Å². The zero-order valence-electron chi connectivity index (χ0n) is 13.7. The van der Waals surface area contributed by atoms with Crippen molar-refractivity contribution in [2.24, 2.45) is 0 Å². The maximum Gasteiger partial charge on any atom is 0.338 e. The lowest BCUT2D eigenvalue weighted by Gasteiger charge is -2.19. The summed E-state index contributed by atoms with van der Waals surface area (Å²) in [7, 11) is 0. The number of carboxylic acid groups (broad SMARTS) is 1. The maximum absolute atomic E-state index is 12.8. The van der Waals surface area contributed by atoms with Gasteiger partial charge in [-0.1, -0.05) is 12.1 Å². The SMILES string of the molecule is Cc1cccc(NC(=O)c2cc(C(=O)O)co2)c1C(=O)N1CCCC1. The number of hydrogen-bond acceptors (Lipinski definition) is 4.